The zero-order valence-corrected chi connectivity index (χ0v) is 14.1. The maximum Gasteiger partial charge on any atom is 0.222 e. The first-order chi connectivity index (χ1) is 11.1. The van der Waals surface area contributed by atoms with Gasteiger partial charge in [0.2, 0.25) is 5.91 Å². The van der Waals surface area contributed by atoms with Crippen molar-refractivity contribution >= 4 is 17.5 Å². The summed E-state index contributed by atoms with van der Waals surface area (Å²) in [6.07, 6.45) is 5.19. The van der Waals surface area contributed by atoms with Crippen molar-refractivity contribution < 1.29 is 15.0 Å². The predicted octanol–water partition coefficient (Wildman–Crippen LogP) is 3.21. The molecule has 128 valence electrons. The van der Waals surface area contributed by atoms with E-state index in [2.05, 4.69) is 5.32 Å². The van der Waals surface area contributed by atoms with Gasteiger partial charge in [0.15, 0.2) is 0 Å². The van der Waals surface area contributed by atoms with Crippen LogP contribution in [0.3, 0.4) is 0 Å². The summed E-state index contributed by atoms with van der Waals surface area (Å²) in [4.78, 5) is 11.9. The van der Waals surface area contributed by atoms with Crippen LogP contribution in [-0.2, 0) is 4.79 Å². The molecule has 0 heterocycles. The number of carbonyl (C=O) groups excluding carboxylic acids is 1. The molecule has 1 fully saturated rings. The Bertz CT molecular complexity index is 492. The van der Waals surface area contributed by atoms with Crippen molar-refractivity contribution in [2.24, 2.45) is 5.92 Å². The molecule has 1 aliphatic rings. The lowest BCUT2D eigenvalue weighted by Crippen LogP contribution is -2.28. The number of nitrogens with one attached hydrogen (secondary N) is 1. The highest BCUT2D eigenvalue weighted by molar-refractivity contribution is 6.30. The Morgan fingerprint density at radius 1 is 1.26 bits per heavy atom. The minimum Gasteiger partial charge on any atom is -0.393 e. The molecule has 3 atom stereocenters. The van der Waals surface area contributed by atoms with Gasteiger partial charge >= 0.3 is 0 Å². The first-order valence-electron chi connectivity index (χ1n) is 8.44. The number of benzene rings is 1. The van der Waals surface area contributed by atoms with Crippen molar-refractivity contribution in [2.75, 3.05) is 6.54 Å². The van der Waals surface area contributed by atoms with E-state index in [4.69, 9.17) is 11.6 Å². The molecule has 1 aromatic rings. The molecule has 0 bridgehead atoms. The largest absolute Gasteiger partial charge is 0.393 e. The van der Waals surface area contributed by atoms with Crippen LogP contribution in [0.4, 0.5) is 0 Å². The number of carbonyl (C=O) groups is 1. The highest BCUT2D eigenvalue weighted by Crippen LogP contribution is 2.27. The van der Waals surface area contributed by atoms with Gasteiger partial charge in [0.1, 0.15) is 0 Å². The fourth-order valence-corrected chi connectivity index (χ4v) is 3.29. The molecule has 4 nitrogen and oxygen atoms in total. The summed E-state index contributed by atoms with van der Waals surface area (Å²) in [6.45, 7) is 0.593. The van der Waals surface area contributed by atoms with Crippen molar-refractivity contribution in [1.82, 2.24) is 5.32 Å². The van der Waals surface area contributed by atoms with E-state index in [1.165, 1.54) is 6.42 Å². The van der Waals surface area contributed by atoms with Crippen molar-refractivity contribution in [1.29, 1.82) is 0 Å². The van der Waals surface area contributed by atoms with Gasteiger partial charge in [0.05, 0.1) is 18.6 Å². The molecule has 1 saturated carbocycles. The Morgan fingerprint density at radius 3 is 2.65 bits per heavy atom. The average molecular weight is 340 g/mol. The van der Waals surface area contributed by atoms with Crippen molar-refractivity contribution in [3.05, 3.63) is 34.9 Å². The van der Waals surface area contributed by atoms with Crippen LogP contribution >= 0.6 is 11.6 Å². The Balaban J connectivity index is 1.63. The van der Waals surface area contributed by atoms with E-state index in [-0.39, 0.29) is 18.4 Å². The van der Waals surface area contributed by atoms with E-state index in [1.807, 2.05) is 0 Å². The second-order valence-corrected chi connectivity index (χ2v) is 6.81. The summed E-state index contributed by atoms with van der Waals surface area (Å²) in [5.74, 6) is 0.219. The number of rotatable bonds is 7. The van der Waals surface area contributed by atoms with E-state index < -0.39 is 6.10 Å². The van der Waals surface area contributed by atoms with Crippen LogP contribution in [0.2, 0.25) is 5.02 Å². The Kier molecular flexibility index (Phi) is 7.34. The lowest BCUT2D eigenvalue weighted by atomic mass is 9.83. The Morgan fingerprint density at radius 2 is 1.96 bits per heavy atom. The van der Waals surface area contributed by atoms with Gasteiger partial charge in [-0.15, -0.1) is 0 Å². The summed E-state index contributed by atoms with van der Waals surface area (Å²) in [7, 11) is 0. The number of halogens is 1. The predicted molar refractivity (Wildman–Crippen MR) is 91.2 cm³/mol. The molecular formula is C18H26ClNO3. The van der Waals surface area contributed by atoms with Gasteiger partial charge in [-0.05, 0) is 49.3 Å². The van der Waals surface area contributed by atoms with Gasteiger partial charge in [-0.1, -0.05) is 36.6 Å². The van der Waals surface area contributed by atoms with Crippen LogP contribution in [0.15, 0.2) is 24.3 Å². The highest BCUT2D eigenvalue weighted by atomic mass is 35.5. The number of amides is 1. The SMILES string of the molecule is O=C(CC(O)c1ccc(Cl)cc1)NCCCC1CCCCC1O. The molecule has 3 N–H and O–H groups in total. The Labute approximate surface area is 142 Å². The molecular weight excluding hydrogens is 314 g/mol. The fourth-order valence-electron chi connectivity index (χ4n) is 3.17. The first kappa shape index (κ1) is 18.2. The molecule has 0 radical (unpaired) electrons. The van der Waals surface area contributed by atoms with Gasteiger partial charge < -0.3 is 15.5 Å². The number of aliphatic hydroxyl groups excluding tert-OH is 2. The summed E-state index contributed by atoms with van der Waals surface area (Å²) < 4.78 is 0. The minimum atomic E-state index is -0.813. The van der Waals surface area contributed by atoms with Gasteiger partial charge in [0.25, 0.3) is 0 Å². The summed E-state index contributed by atoms with van der Waals surface area (Å²) in [5.41, 5.74) is 0.690. The number of aliphatic hydroxyl groups is 2. The molecule has 2 rings (SSSR count). The third-order valence-electron chi connectivity index (χ3n) is 4.58. The second kappa shape index (κ2) is 9.26. The molecule has 0 aromatic heterocycles. The first-order valence-corrected chi connectivity index (χ1v) is 8.82. The third-order valence-corrected chi connectivity index (χ3v) is 4.83. The number of hydrogen-bond donors (Lipinski definition) is 3. The molecule has 0 spiro atoms. The van der Waals surface area contributed by atoms with Crippen LogP contribution < -0.4 is 5.32 Å². The molecule has 1 aliphatic carbocycles. The maximum atomic E-state index is 11.9. The highest BCUT2D eigenvalue weighted by Gasteiger charge is 2.22. The fraction of sp³-hybridized carbons (Fsp3) is 0.611. The van der Waals surface area contributed by atoms with Gasteiger partial charge in [0, 0.05) is 11.6 Å². The summed E-state index contributed by atoms with van der Waals surface area (Å²) in [5, 5.41) is 23.4. The molecule has 1 aromatic carbocycles. The zero-order valence-electron chi connectivity index (χ0n) is 13.4. The van der Waals surface area contributed by atoms with Gasteiger partial charge in [-0.3, -0.25) is 4.79 Å². The van der Waals surface area contributed by atoms with E-state index in [1.54, 1.807) is 24.3 Å². The van der Waals surface area contributed by atoms with E-state index in [0.717, 1.165) is 32.1 Å². The van der Waals surface area contributed by atoms with Crippen molar-refractivity contribution in [3.8, 4) is 0 Å². The Hall–Kier alpha value is -1.10. The molecule has 23 heavy (non-hydrogen) atoms. The smallest absolute Gasteiger partial charge is 0.222 e. The summed E-state index contributed by atoms with van der Waals surface area (Å²) >= 11 is 5.80. The zero-order chi connectivity index (χ0) is 16.7. The molecule has 0 aliphatic heterocycles. The molecule has 3 unspecified atom stereocenters. The standard InChI is InChI=1S/C18H26ClNO3/c19-15-9-7-14(8-10-15)17(22)12-18(23)20-11-3-5-13-4-1-2-6-16(13)21/h7-10,13,16-17,21-22H,1-6,11-12H2,(H,20,23). The van der Waals surface area contributed by atoms with Crippen molar-refractivity contribution in [3.63, 3.8) is 0 Å². The van der Waals surface area contributed by atoms with Crippen LogP contribution in [0.1, 0.15) is 56.6 Å². The lowest BCUT2D eigenvalue weighted by Gasteiger charge is -2.27. The van der Waals surface area contributed by atoms with Crippen LogP contribution in [0.5, 0.6) is 0 Å². The lowest BCUT2D eigenvalue weighted by molar-refractivity contribution is -0.123. The van der Waals surface area contributed by atoms with Gasteiger partial charge in [-0.2, -0.15) is 0 Å². The van der Waals surface area contributed by atoms with Crippen LogP contribution in [0.25, 0.3) is 0 Å². The second-order valence-electron chi connectivity index (χ2n) is 6.38. The normalized spacial score (nSPS) is 22.6. The van der Waals surface area contributed by atoms with Crippen molar-refractivity contribution in [2.45, 2.75) is 57.2 Å². The van der Waals surface area contributed by atoms with E-state index >= 15 is 0 Å². The minimum absolute atomic E-state index is 0.0493. The third kappa shape index (κ3) is 6.13. The summed E-state index contributed by atoms with van der Waals surface area (Å²) in [6, 6.07) is 6.86. The molecule has 5 heteroatoms. The van der Waals surface area contributed by atoms with Crippen LogP contribution in [0, 0.1) is 5.92 Å². The maximum absolute atomic E-state index is 11.9. The molecule has 1 amide bonds. The average Bonchev–Trinajstić information content (AvgIpc) is 2.53. The van der Waals surface area contributed by atoms with Gasteiger partial charge in [-0.25, -0.2) is 0 Å². The quantitative estimate of drug-likeness (QED) is 0.668. The van der Waals surface area contributed by atoms with E-state index in [9.17, 15) is 15.0 Å². The van der Waals surface area contributed by atoms with E-state index in [0.29, 0.717) is 23.0 Å². The monoisotopic (exact) mass is 339 g/mol. The molecule has 0 saturated heterocycles. The number of hydrogen-bond acceptors (Lipinski definition) is 3. The topological polar surface area (TPSA) is 69.6 Å². The van der Waals surface area contributed by atoms with Crippen LogP contribution in [-0.4, -0.2) is 28.8 Å².